The van der Waals surface area contributed by atoms with Crippen LogP contribution in [0.25, 0.3) is 11.0 Å². The summed E-state index contributed by atoms with van der Waals surface area (Å²) in [6, 6.07) is 5.08. The fourth-order valence-electron chi connectivity index (χ4n) is 2.75. The Morgan fingerprint density at radius 2 is 2.04 bits per heavy atom. The second-order valence-electron chi connectivity index (χ2n) is 5.95. The first-order chi connectivity index (χ1) is 13.1. The highest BCUT2D eigenvalue weighted by Crippen LogP contribution is 2.41. The van der Waals surface area contributed by atoms with Crippen LogP contribution in [0.15, 0.2) is 24.4 Å². The lowest BCUT2D eigenvalue weighted by molar-refractivity contribution is 0.0877. The number of imidazole rings is 1. The number of fused-ring (bicyclic) bond motifs is 2. The number of halogens is 1. The lowest BCUT2D eigenvalue weighted by Gasteiger charge is -2.11. The number of hydrogen-bond donors (Lipinski definition) is 2. The van der Waals surface area contributed by atoms with Crippen molar-refractivity contribution in [3.05, 3.63) is 40.7 Å². The molecule has 0 aliphatic carbocycles. The van der Waals surface area contributed by atoms with Crippen LogP contribution in [0.3, 0.4) is 0 Å². The molecule has 8 nitrogen and oxygen atoms in total. The summed E-state index contributed by atoms with van der Waals surface area (Å²) in [7, 11) is 0. The molecule has 0 saturated heterocycles. The van der Waals surface area contributed by atoms with E-state index in [1.807, 2.05) is 6.92 Å². The van der Waals surface area contributed by atoms with Gasteiger partial charge in [0.05, 0.1) is 18.7 Å². The first kappa shape index (κ1) is 17.6. The standard InChI is InChI=1S/C18H17ClN4O4/c1-10-8-11(2-3-20-10)17(24)23-18-21-12-9-13-16(14(19)15(12)22-18)27-7-5-25-4-6-26-13/h2-3,8-9H,4-7H2,1H3,(H2,21,22,23,24). The van der Waals surface area contributed by atoms with E-state index in [0.717, 1.165) is 5.69 Å². The quantitative estimate of drug-likeness (QED) is 0.700. The molecular formula is C18H17ClN4O4. The number of carbonyl (C=O) groups excluding carboxylic acids is 1. The molecule has 0 fully saturated rings. The fourth-order valence-corrected chi connectivity index (χ4v) is 3.05. The minimum Gasteiger partial charge on any atom is -0.487 e. The molecule has 27 heavy (non-hydrogen) atoms. The van der Waals surface area contributed by atoms with Gasteiger partial charge in [0, 0.05) is 23.5 Å². The summed E-state index contributed by atoms with van der Waals surface area (Å²) in [6.07, 6.45) is 1.58. The number of ether oxygens (including phenoxy) is 3. The molecule has 0 saturated carbocycles. The third-order valence-corrected chi connectivity index (χ3v) is 4.34. The van der Waals surface area contributed by atoms with E-state index < -0.39 is 0 Å². The molecule has 0 radical (unpaired) electrons. The van der Waals surface area contributed by atoms with Crippen molar-refractivity contribution in [2.24, 2.45) is 0 Å². The maximum absolute atomic E-state index is 12.4. The molecule has 1 aromatic carbocycles. The molecule has 9 heteroatoms. The maximum Gasteiger partial charge on any atom is 0.258 e. The summed E-state index contributed by atoms with van der Waals surface area (Å²) in [6.45, 7) is 3.48. The number of aromatic amines is 1. The first-order valence-electron chi connectivity index (χ1n) is 8.41. The zero-order valence-electron chi connectivity index (χ0n) is 14.5. The summed E-state index contributed by atoms with van der Waals surface area (Å²) in [5, 5.41) is 3.05. The van der Waals surface area contributed by atoms with E-state index in [-0.39, 0.29) is 11.9 Å². The molecule has 4 rings (SSSR count). The largest absolute Gasteiger partial charge is 0.487 e. The number of H-pyrrole nitrogens is 1. The minimum absolute atomic E-state index is 0.282. The Balaban J connectivity index is 1.66. The molecule has 0 spiro atoms. The van der Waals surface area contributed by atoms with Gasteiger partial charge in [-0.05, 0) is 19.1 Å². The number of hydrogen-bond acceptors (Lipinski definition) is 6. The third kappa shape index (κ3) is 3.67. The van der Waals surface area contributed by atoms with Gasteiger partial charge >= 0.3 is 0 Å². The van der Waals surface area contributed by atoms with E-state index in [2.05, 4.69) is 20.3 Å². The number of anilines is 1. The number of benzene rings is 1. The Hall–Kier alpha value is -2.84. The summed E-state index contributed by atoms with van der Waals surface area (Å²) >= 11 is 6.48. The van der Waals surface area contributed by atoms with E-state index in [1.165, 1.54) is 0 Å². The molecule has 0 unspecified atom stereocenters. The molecule has 3 heterocycles. The molecule has 1 aliphatic rings. The molecule has 3 aromatic rings. The van der Waals surface area contributed by atoms with Gasteiger partial charge in [-0.3, -0.25) is 15.1 Å². The Bertz CT molecular complexity index is 1000. The molecule has 2 N–H and O–H groups in total. The SMILES string of the molecule is Cc1cc(C(=O)Nc2nc3c(Cl)c4c(cc3[nH]2)OCCOCCO4)ccn1. The lowest BCUT2D eigenvalue weighted by atomic mass is 10.2. The number of pyridine rings is 1. The Kier molecular flexibility index (Phi) is 4.83. The average molecular weight is 389 g/mol. The van der Waals surface area contributed by atoms with Crippen LogP contribution in [0, 0.1) is 6.92 Å². The van der Waals surface area contributed by atoms with E-state index in [0.29, 0.717) is 59.5 Å². The molecule has 0 atom stereocenters. The number of amides is 1. The van der Waals surface area contributed by atoms with Gasteiger partial charge in [0.1, 0.15) is 23.8 Å². The van der Waals surface area contributed by atoms with Crippen LogP contribution in [0.5, 0.6) is 11.5 Å². The summed E-state index contributed by atoms with van der Waals surface area (Å²) in [5.74, 6) is 0.910. The number of carbonyl (C=O) groups is 1. The molecule has 1 amide bonds. The highest BCUT2D eigenvalue weighted by Gasteiger charge is 2.20. The van der Waals surface area contributed by atoms with Crippen molar-refractivity contribution in [3.63, 3.8) is 0 Å². The second-order valence-corrected chi connectivity index (χ2v) is 6.33. The van der Waals surface area contributed by atoms with Crippen molar-refractivity contribution in [1.29, 1.82) is 0 Å². The Morgan fingerprint density at radius 3 is 2.85 bits per heavy atom. The van der Waals surface area contributed by atoms with Crippen LogP contribution in [-0.2, 0) is 4.74 Å². The number of nitrogens with one attached hydrogen (secondary N) is 2. The topological polar surface area (TPSA) is 98.4 Å². The molecule has 140 valence electrons. The van der Waals surface area contributed by atoms with Gasteiger partial charge in [0.2, 0.25) is 5.95 Å². The van der Waals surface area contributed by atoms with Gasteiger partial charge in [-0.25, -0.2) is 4.98 Å². The normalized spacial score (nSPS) is 14.3. The van der Waals surface area contributed by atoms with Gasteiger partial charge in [0.15, 0.2) is 11.5 Å². The molecular weight excluding hydrogens is 372 g/mol. The fraction of sp³-hybridized carbons (Fsp3) is 0.278. The Labute approximate surface area is 159 Å². The van der Waals surface area contributed by atoms with Gasteiger partial charge in [-0.15, -0.1) is 0 Å². The predicted octanol–water partition coefficient (Wildman–Crippen LogP) is 2.96. The number of aromatic nitrogens is 3. The van der Waals surface area contributed by atoms with Crippen LogP contribution >= 0.6 is 11.6 Å². The van der Waals surface area contributed by atoms with E-state index in [9.17, 15) is 4.79 Å². The third-order valence-electron chi connectivity index (χ3n) is 3.99. The monoisotopic (exact) mass is 388 g/mol. The molecule has 0 bridgehead atoms. The van der Waals surface area contributed by atoms with Crippen molar-refractivity contribution in [2.75, 3.05) is 31.7 Å². The summed E-state index contributed by atoms with van der Waals surface area (Å²) < 4.78 is 16.7. The van der Waals surface area contributed by atoms with Crippen LogP contribution in [-0.4, -0.2) is 47.3 Å². The second kappa shape index (κ2) is 7.42. The average Bonchev–Trinajstić information content (AvgIpc) is 3.09. The van der Waals surface area contributed by atoms with Crippen LogP contribution < -0.4 is 14.8 Å². The summed E-state index contributed by atoms with van der Waals surface area (Å²) in [5.41, 5.74) is 2.36. The van der Waals surface area contributed by atoms with Gasteiger partial charge in [0.25, 0.3) is 5.91 Å². The Morgan fingerprint density at radius 1 is 1.22 bits per heavy atom. The van der Waals surface area contributed by atoms with Crippen molar-refractivity contribution in [3.8, 4) is 11.5 Å². The van der Waals surface area contributed by atoms with Crippen molar-refractivity contribution < 1.29 is 19.0 Å². The van der Waals surface area contributed by atoms with E-state index in [1.54, 1.807) is 24.4 Å². The van der Waals surface area contributed by atoms with E-state index in [4.69, 9.17) is 25.8 Å². The molecule has 1 aliphatic heterocycles. The maximum atomic E-state index is 12.4. The van der Waals surface area contributed by atoms with E-state index >= 15 is 0 Å². The van der Waals surface area contributed by atoms with Crippen LogP contribution in [0.4, 0.5) is 5.95 Å². The van der Waals surface area contributed by atoms with Gasteiger partial charge in [-0.2, -0.15) is 0 Å². The van der Waals surface area contributed by atoms with Gasteiger partial charge in [-0.1, -0.05) is 11.6 Å². The minimum atomic E-state index is -0.296. The van der Waals surface area contributed by atoms with Crippen molar-refractivity contribution >= 4 is 34.5 Å². The number of aryl methyl sites for hydroxylation is 1. The summed E-state index contributed by atoms with van der Waals surface area (Å²) in [4.78, 5) is 23.9. The zero-order valence-corrected chi connectivity index (χ0v) is 15.3. The van der Waals surface area contributed by atoms with Crippen LogP contribution in [0.1, 0.15) is 16.1 Å². The smallest absolute Gasteiger partial charge is 0.258 e. The van der Waals surface area contributed by atoms with Crippen molar-refractivity contribution in [2.45, 2.75) is 6.92 Å². The highest BCUT2D eigenvalue weighted by atomic mass is 35.5. The molecule has 2 aromatic heterocycles. The van der Waals surface area contributed by atoms with Gasteiger partial charge < -0.3 is 19.2 Å². The number of nitrogens with zero attached hydrogens (tertiary/aromatic N) is 2. The highest BCUT2D eigenvalue weighted by molar-refractivity contribution is 6.37. The first-order valence-corrected chi connectivity index (χ1v) is 8.79. The number of rotatable bonds is 2. The van der Waals surface area contributed by atoms with Crippen molar-refractivity contribution in [1.82, 2.24) is 15.0 Å². The predicted molar refractivity (Wildman–Crippen MR) is 99.8 cm³/mol. The van der Waals surface area contributed by atoms with Crippen LogP contribution in [0.2, 0.25) is 5.02 Å². The lowest BCUT2D eigenvalue weighted by Crippen LogP contribution is -2.13. The zero-order chi connectivity index (χ0) is 18.8.